The van der Waals surface area contributed by atoms with E-state index < -0.39 is 5.60 Å². The van der Waals surface area contributed by atoms with Crippen molar-refractivity contribution in [3.05, 3.63) is 0 Å². The van der Waals surface area contributed by atoms with Crippen molar-refractivity contribution in [1.29, 1.82) is 0 Å². The highest BCUT2D eigenvalue weighted by molar-refractivity contribution is 4.76. The van der Waals surface area contributed by atoms with Gasteiger partial charge in [0.05, 0.1) is 12.2 Å². The van der Waals surface area contributed by atoms with Crippen LogP contribution in [0.2, 0.25) is 0 Å². The summed E-state index contributed by atoms with van der Waals surface area (Å²) in [6, 6.07) is 0. The van der Waals surface area contributed by atoms with E-state index in [4.69, 9.17) is 5.11 Å². The van der Waals surface area contributed by atoms with Crippen molar-refractivity contribution in [3.8, 4) is 0 Å². The smallest absolute Gasteiger partial charge is 0.0874 e. The van der Waals surface area contributed by atoms with Gasteiger partial charge in [0, 0.05) is 0 Å². The van der Waals surface area contributed by atoms with E-state index in [0.29, 0.717) is 0 Å². The van der Waals surface area contributed by atoms with Gasteiger partial charge in [0.2, 0.25) is 0 Å². The zero-order chi connectivity index (χ0) is 7.49. The van der Waals surface area contributed by atoms with Crippen LogP contribution in [0.25, 0.3) is 0 Å². The lowest BCUT2D eigenvalue weighted by Gasteiger charge is -2.26. The van der Waals surface area contributed by atoms with Gasteiger partial charge in [-0.05, 0) is 12.8 Å². The Hall–Kier alpha value is -0.0800. The third-order valence-electron chi connectivity index (χ3n) is 1.99. The molecule has 2 atom stereocenters. The number of hydrogen-bond acceptors (Lipinski definition) is 2. The van der Waals surface area contributed by atoms with Crippen molar-refractivity contribution >= 4 is 0 Å². The molecule has 0 aliphatic heterocycles. The second kappa shape index (κ2) is 3.18. The van der Waals surface area contributed by atoms with E-state index in [2.05, 4.69) is 0 Å². The summed E-state index contributed by atoms with van der Waals surface area (Å²) >= 11 is 0. The predicted octanol–water partition coefficient (Wildman–Crippen LogP) is 0.776. The standard InChI is InChI=1S/C7H16O2/c1-4-6(2)7(3,9)5-8/h6,8-9H,4-5H2,1-3H3/t6-,7-/m1/s1. The first-order chi connectivity index (χ1) is 4.04. The molecule has 0 saturated carbocycles. The molecular formula is C7H16O2. The molecule has 2 N–H and O–H groups in total. The molecule has 0 radical (unpaired) electrons. The maximum Gasteiger partial charge on any atom is 0.0874 e. The summed E-state index contributed by atoms with van der Waals surface area (Å²) in [7, 11) is 0. The minimum atomic E-state index is -0.894. The third kappa shape index (κ3) is 2.33. The van der Waals surface area contributed by atoms with Crippen LogP contribution in [-0.4, -0.2) is 22.4 Å². The van der Waals surface area contributed by atoms with Crippen molar-refractivity contribution in [2.45, 2.75) is 32.8 Å². The lowest BCUT2D eigenvalue weighted by molar-refractivity contribution is -0.0418. The van der Waals surface area contributed by atoms with Crippen LogP contribution in [0, 0.1) is 5.92 Å². The van der Waals surface area contributed by atoms with E-state index >= 15 is 0 Å². The maximum atomic E-state index is 9.34. The molecule has 0 spiro atoms. The highest BCUT2D eigenvalue weighted by Gasteiger charge is 2.25. The van der Waals surface area contributed by atoms with Crippen molar-refractivity contribution in [3.63, 3.8) is 0 Å². The van der Waals surface area contributed by atoms with Gasteiger partial charge in [-0.25, -0.2) is 0 Å². The molecule has 2 nitrogen and oxygen atoms in total. The minimum Gasteiger partial charge on any atom is -0.393 e. The van der Waals surface area contributed by atoms with Crippen LogP contribution < -0.4 is 0 Å². The summed E-state index contributed by atoms with van der Waals surface area (Å²) in [4.78, 5) is 0. The first kappa shape index (κ1) is 8.92. The van der Waals surface area contributed by atoms with Crippen LogP contribution in [-0.2, 0) is 0 Å². The summed E-state index contributed by atoms with van der Waals surface area (Å²) in [6.07, 6.45) is 0.896. The molecule has 0 rings (SSSR count). The fourth-order valence-electron chi connectivity index (χ4n) is 0.596. The van der Waals surface area contributed by atoms with Crippen molar-refractivity contribution in [2.24, 2.45) is 5.92 Å². The summed E-state index contributed by atoms with van der Waals surface area (Å²) in [5.74, 6) is 0.169. The largest absolute Gasteiger partial charge is 0.393 e. The quantitative estimate of drug-likeness (QED) is 0.595. The second-order valence-corrected chi connectivity index (χ2v) is 2.82. The molecule has 0 aromatic rings. The summed E-state index contributed by atoms with van der Waals surface area (Å²) in [5, 5.41) is 18.0. The van der Waals surface area contributed by atoms with Gasteiger partial charge in [-0.2, -0.15) is 0 Å². The second-order valence-electron chi connectivity index (χ2n) is 2.82. The van der Waals surface area contributed by atoms with E-state index in [-0.39, 0.29) is 12.5 Å². The van der Waals surface area contributed by atoms with Crippen LogP contribution in [0.4, 0.5) is 0 Å². The average Bonchev–Trinajstić information content (AvgIpc) is 1.86. The van der Waals surface area contributed by atoms with E-state index in [0.717, 1.165) is 6.42 Å². The topological polar surface area (TPSA) is 40.5 Å². The molecule has 0 fully saturated rings. The van der Waals surface area contributed by atoms with Crippen LogP contribution >= 0.6 is 0 Å². The molecule has 0 aromatic carbocycles. The monoisotopic (exact) mass is 132 g/mol. The van der Waals surface area contributed by atoms with Gasteiger partial charge in [-0.15, -0.1) is 0 Å². The molecule has 0 unspecified atom stereocenters. The Bertz CT molecular complexity index is 79.0. The van der Waals surface area contributed by atoms with Gasteiger partial charge in [0.1, 0.15) is 0 Å². The van der Waals surface area contributed by atoms with E-state index in [9.17, 15) is 5.11 Å². The molecule has 0 aliphatic carbocycles. The van der Waals surface area contributed by atoms with Gasteiger partial charge in [-0.1, -0.05) is 20.3 Å². The molecule has 0 aliphatic rings. The Morgan fingerprint density at radius 2 is 2.00 bits per heavy atom. The summed E-state index contributed by atoms with van der Waals surface area (Å²) in [5.41, 5.74) is -0.894. The van der Waals surface area contributed by atoms with Gasteiger partial charge in [0.15, 0.2) is 0 Å². The number of aliphatic hydroxyl groups is 2. The fourth-order valence-corrected chi connectivity index (χ4v) is 0.596. The molecule has 0 amide bonds. The van der Waals surface area contributed by atoms with Crippen LogP contribution in [0.1, 0.15) is 27.2 Å². The third-order valence-corrected chi connectivity index (χ3v) is 1.99. The first-order valence-electron chi connectivity index (χ1n) is 3.37. The van der Waals surface area contributed by atoms with E-state index in [1.807, 2.05) is 13.8 Å². The molecule has 9 heavy (non-hydrogen) atoms. The Labute approximate surface area is 56.5 Å². The summed E-state index contributed by atoms with van der Waals surface area (Å²) in [6.45, 7) is 5.42. The maximum absolute atomic E-state index is 9.34. The molecule has 0 aromatic heterocycles. The molecular weight excluding hydrogens is 116 g/mol. The number of hydrogen-bond donors (Lipinski definition) is 2. The Morgan fingerprint density at radius 3 is 2.11 bits per heavy atom. The van der Waals surface area contributed by atoms with Gasteiger partial charge >= 0.3 is 0 Å². The van der Waals surface area contributed by atoms with Gasteiger partial charge in [0.25, 0.3) is 0 Å². The van der Waals surface area contributed by atoms with Crippen molar-refractivity contribution in [2.75, 3.05) is 6.61 Å². The lowest BCUT2D eigenvalue weighted by Crippen LogP contribution is -2.36. The molecule has 0 bridgehead atoms. The summed E-state index contributed by atoms with van der Waals surface area (Å²) < 4.78 is 0. The van der Waals surface area contributed by atoms with Crippen LogP contribution in [0.5, 0.6) is 0 Å². The first-order valence-corrected chi connectivity index (χ1v) is 3.37. The molecule has 0 heterocycles. The van der Waals surface area contributed by atoms with E-state index in [1.165, 1.54) is 0 Å². The average molecular weight is 132 g/mol. The van der Waals surface area contributed by atoms with Crippen LogP contribution in [0.15, 0.2) is 0 Å². The lowest BCUT2D eigenvalue weighted by atomic mass is 9.90. The zero-order valence-electron chi connectivity index (χ0n) is 6.39. The fraction of sp³-hybridized carbons (Fsp3) is 1.00. The minimum absolute atomic E-state index is 0.151. The highest BCUT2D eigenvalue weighted by Crippen LogP contribution is 2.18. The molecule has 0 saturated heterocycles. The zero-order valence-corrected chi connectivity index (χ0v) is 6.39. The number of aliphatic hydroxyl groups excluding tert-OH is 1. The Balaban J connectivity index is 3.80. The normalized spacial score (nSPS) is 21.0. The van der Waals surface area contributed by atoms with E-state index in [1.54, 1.807) is 6.92 Å². The SMILES string of the molecule is CC[C@@H](C)[C@](C)(O)CO. The van der Waals surface area contributed by atoms with Crippen molar-refractivity contribution < 1.29 is 10.2 Å². The Kier molecular flexibility index (Phi) is 3.15. The Morgan fingerprint density at radius 1 is 1.56 bits per heavy atom. The van der Waals surface area contributed by atoms with Crippen LogP contribution in [0.3, 0.4) is 0 Å². The molecule has 2 heteroatoms. The number of rotatable bonds is 3. The molecule has 56 valence electrons. The van der Waals surface area contributed by atoms with Crippen molar-refractivity contribution in [1.82, 2.24) is 0 Å². The highest BCUT2D eigenvalue weighted by atomic mass is 16.3. The van der Waals surface area contributed by atoms with Gasteiger partial charge < -0.3 is 10.2 Å². The van der Waals surface area contributed by atoms with Gasteiger partial charge in [-0.3, -0.25) is 0 Å². The predicted molar refractivity (Wildman–Crippen MR) is 37.2 cm³/mol.